The minimum atomic E-state index is 0.789. The van der Waals surface area contributed by atoms with Crippen molar-refractivity contribution in [3.05, 3.63) is 10.3 Å². The van der Waals surface area contributed by atoms with Crippen LogP contribution in [-0.4, -0.2) is 29.0 Å². The third-order valence-corrected chi connectivity index (χ3v) is 1.32. The number of hydrazine groups is 1. The van der Waals surface area contributed by atoms with Gasteiger partial charge in [-0.15, -0.1) is 0 Å². The van der Waals surface area contributed by atoms with Gasteiger partial charge in [0.2, 0.25) is 0 Å². The molecule has 0 saturated heterocycles. The molecule has 0 saturated carbocycles. The van der Waals surface area contributed by atoms with E-state index in [1.807, 2.05) is 29.5 Å². The minimum Gasteiger partial charge on any atom is -0.273 e. The van der Waals surface area contributed by atoms with Crippen LogP contribution in [0.5, 0.6) is 0 Å². The topological polar surface area (TPSA) is 26.7 Å². The third-order valence-electron chi connectivity index (χ3n) is 0.997. The monoisotopic (exact) mass is 242 g/mol. The van der Waals surface area contributed by atoms with E-state index in [1.54, 1.807) is 22.3 Å². The summed E-state index contributed by atoms with van der Waals surface area (Å²) in [5.74, 6) is 0. The van der Waals surface area contributed by atoms with Gasteiger partial charge in [0.05, 0.1) is 6.20 Å². The van der Waals surface area contributed by atoms with Gasteiger partial charge >= 0.3 is 0 Å². The van der Waals surface area contributed by atoms with Crippen molar-refractivity contribution < 1.29 is 5.21 Å². The van der Waals surface area contributed by atoms with Crippen LogP contribution in [0.3, 0.4) is 0 Å². The van der Waals surface area contributed by atoms with Crippen LogP contribution in [0, 0.1) is 0 Å². The lowest BCUT2D eigenvalue weighted by Crippen LogP contribution is -2.32. The molecule has 3 nitrogen and oxygen atoms in total. The van der Waals surface area contributed by atoms with Gasteiger partial charge in [-0.3, -0.25) is 5.21 Å². The number of hydrogen-bond donors (Lipinski definition) is 1. The Balaban J connectivity index is 3.58. The Morgan fingerprint density at radius 3 is 2.56 bits per heavy atom. The summed E-state index contributed by atoms with van der Waals surface area (Å²) in [7, 11) is 1.80. The Bertz CT molecular complexity index is 97.0. The molecule has 0 amide bonds. The van der Waals surface area contributed by atoms with Crippen LogP contribution >= 0.6 is 22.6 Å². The normalized spacial score (nSPS) is 11.2. The molecule has 0 fully saturated rings. The van der Waals surface area contributed by atoms with Gasteiger partial charge in [-0.25, -0.2) is 5.01 Å². The number of hydroxylamine groups is 1. The van der Waals surface area contributed by atoms with E-state index >= 15 is 0 Å². The summed E-state index contributed by atoms with van der Waals surface area (Å²) < 4.78 is 1.74. The second-order valence-electron chi connectivity index (χ2n) is 1.57. The van der Waals surface area contributed by atoms with E-state index in [0.717, 1.165) is 11.7 Å². The van der Waals surface area contributed by atoms with Crippen molar-refractivity contribution in [1.82, 2.24) is 10.2 Å². The molecule has 54 valence electrons. The highest BCUT2D eigenvalue weighted by Gasteiger charge is 1.96. The maximum atomic E-state index is 8.99. The van der Waals surface area contributed by atoms with Crippen LogP contribution in [0.15, 0.2) is 10.3 Å². The molecule has 0 aromatic carbocycles. The maximum Gasteiger partial charge on any atom is 0.0522 e. The van der Waals surface area contributed by atoms with Crippen LogP contribution < -0.4 is 0 Å². The quantitative estimate of drug-likeness (QED) is 0.599. The molecule has 0 radical (unpaired) electrons. The molecule has 0 aliphatic carbocycles. The van der Waals surface area contributed by atoms with Crippen LogP contribution in [0.25, 0.3) is 0 Å². The van der Waals surface area contributed by atoms with Gasteiger partial charge in [0.25, 0.3) is 0 Å². The zero-order valence-electron chi connectivity index (χ0n) is 5.58. The molecule has 0 aromatic heterocycles. The molecule has 0 unspecified atom stereocenters. The van der Waals surface area contributed by atoms with E-state index in [9.17, 15) is 0 Å². The fourth-order valence-electron chi connectivity index (χ4n) is 0.309. The smallest absolute Gasteiger partial charge is 0.0522 e. The maximum absolute atomic E-state index is 8.99. The van der Waals surface area contributed by atoms with Crippen LogP contribution in [0.1, 0.15) is 6.92 Å². The molecule has 0 rings (SSSR count). The van der Waals surface area contributed by atoms with Crippen molar-refractivity contribution in [3.63, 3.8) is 0 Å². The summed E-state index contributed by atoms with van der Waals surface area (Å²) in [6.07, 6.45) is 1.57. The van der Waals surface area contributed by atoms with Gasteiger partial charge in [-0.1, -0.05) is 29.5 Å². The zero-order valence-corrected chi connectivity index (χ0v) is 7.74. The summed E-state index contributed by atoms with van der Waals surface area (Å²) in [6, 6.07) is 0. The van der Waals surface area contributed by atoms with E-state index < -0.39 is 0 Å². The molecular formula is C5H11IN2O. The molecule has 0 spiro atoms. The van der Waals surface area contributed by atoms with Gasteiger partial charge in [0.15, 0.2) is 0 Å². The molecule has 4 heteroatoms. The van der Waals surface area contributed by atoms with Crippen molar-refractivity contribution in [3.8, 4) is 0 Å². The largest absolute Gasteiger partial charge is 0.273 e. The third kappa shape index (κ3) is 3.72. The second-order valence-corrected chi connectivity index (χ2v) is 2.29. The average molecular weight is 242 g/mol. The highest BCUT2D eigenvalue weighted by atomic mass is 127. The molecule has 1 N–H and O–H groups in total. The Morgan fingerprint density at radius 1 is 1.67 bits per heavy atom. The first-order valence-electron chi connectivity index (χ1n) is 2.68. The van der Waals surface area contributed by atoms with Gasteiger partial charge in [0.1, 0.15) is 0 Å². The second kappa shape index (κ2) is 5.01. The summed E-state index contributed by atoms with van der Waals surface area (Å²) in [4.78, 5) is 0. The Kier molecular flexibility index (Phi) is 5.12. The summed E-state index contributed by atoms with van der Waals surface area (Å²) in [6.45, 7) is 2.75. The van der Waals surface area contributed by atoms with Crippen molar-refractivity contribution in [1.29, 1.82) is 0 Å². The highest BCUT2D eigenvalue weighted by Crippen LogP contribution is 1.92. The first kappa shape index (κ1) is 9.19. The van der Waals surface area contributed by atoms with E-state index in [-0.39, 0.29) is 0 Å². The standard InChI is InChI=1S/C5H11IN2O/c1-3-7(2)8(9)5-4-6/h4-5,9H,3H2,1-2H3/b5-4-. The van der Waals surface area contributed by atoms with Gasteiger partial charge in [0, 0.05) is 13.6 Å². The first-order valence-corrected chi connectivity index (χ1v) is 3.93. The van der Waals surface area contributed by atoms with E-state index in [4.69, 9.17) is 5.21 Å². The summed E-state index contributed by atoms with van der Waals surface area (Å²) >= 11 is 2.04. The number of halogens is 1. The average Bonchev–Trinajstić information content (AvgIpc) is 1.87. The molecule has 0 aromatic rings. The molecule has 0 aliphatic heterocycles. The molecule has 9 heavy (non-hydrogen) atoms. The summed E-state index contributed by atoms with van der Waals surface area (Å²) in [5.41, 5.74) is 0. The van der Waals surface area contributed by atoms with Crippen molar-refractivity contribution >= 4 is 22.6 Å². The fourth-order valence-corrected chi connectivity index (χ4v) is 0.597. The van der Waals surface area contributed by atoms with Crippen molar-refractivity contribution in [2.75, 3.05) is 13.6 Å². The van der Waals surface area contributed by atoms with Crippen LogP contribution in [0.4, 0.5) is 0 Å². The fraction of sp³-hybridized carbons (Fsp3) is 0.600. The predicted octanol–water partition coefficient (Wildman–Crippen LogP) is 1.45. The SMILES string of the molecule is CCN(C)N(O)/C=C\I. The van der Waals surface area contributed by atoms with Gasteiger partial charge < -0.3 is 0 Å². The molecular weight excluding hydrogens is 231 g/mol. The molecule has 0 bridgehead atoms. The number of rotatable bonds is 3. The highest BCUT2D eigenvalue weighted by molar-refractivity contribution is 14.1. The lowest BCUT2D eigenvalue weighted by molar-refractivity contribution is -0.192. The first-order chi connectivity index (χ1) is 4.22. The van der Waals surface area contributed by atoms with E-state index in [1.165, 1.54) is 0 Å². The van der Waals surface area contributed by atoms with Gasteiger partial charge in [-0.05, 0) is 4.08 Å². The molecule has 0 aliphatic rings. The summed E-state index contributed by atoms with van der Waals surface area (Å²) in [5, 5.41) is 11.7. The van der Waals surface area contributed by atoms with E-state index in [2.05, 4.69) is 0 Å². The molecule has 0 heterocycles. The number of hydrogen-bond acceptors (Lipinski definition) is 3. The molecule has 0 atom stereocenters. The lowest BCUT2D eigenvalue weighted by atomic mass is 10.7. The Morgan fingerprint density at radius 2 is 2.22 bits per heavy atom. The lowest BCUT2D eigenvalue weighted by Gasteiger charge is -2.21. The Labute approximate surface area is 69.0 Å². The van der Waals surface area contributed by atoms with Crippen molar-refractivity contribution in [2.45, 2.75) is 6.92 Å². The van der Waals surface area contributed by atoms with E-state index in [0.29, 0.717) is 0 Å². The zero-order chi connectivity index (χ0) is 7.28. The number of nitrogens with zero attached hydrogens (tertiary/aromatic N) is 2. The van der Waals surface area contributed by atoms with Gasteiger partial charge in [-0.2, -0.15) is 5.17 Å². The predicted molar refractivity (Wildman–Crippen MR) is 45.1 cm³/mol. The minimum absolute atomic E-state index is 0.789. The van der Waals surface area contributed by atoms with Crippen molar-refractivity contribution in [2.24, 2.45) is 0 Å². The Hall–Kier alpha value is 0.190. The van der Waals surface area contributed by atoms with Crippen LogP contribution in [-0.2, 0) is 0 Å². The van der Waals surface area contributed by atoms with Crippen LogP contribution in [0.2, 0.25) is 0 Å².